The van der Waals surface area contributed by atoms with Crippen molar-refractivity contribution >= 4 is 0 Å². The summed E-state index contributed by atoms with van der Waals surface area (Å²) in [6.07, 6.45) is -5.04. The zero-order valence-corrected chi connectivity index (χ0v) is 12.0. The molecule has 6 heteroatoms. The van der Waals surface area contributed by atoms with E-state index in [0.717, 1.165) is 5.56 Å². The third kappa shape index (κ3) is 4.92. The highest BCUT2D eigenvalue weighted by molar-refractivity contribution is 5.42. The summed E-state index contributed by atoms with van der Waals surface area (Å²) in [6, 6.07) is 4.33. The van der Waals surface area contributed by atoms with Gasteiger partial charge in [0.1, 0.15) is 11.5 Å². The van der Waals surface area contributed by atoms with Gasteiger partial charge < -0.3 is 14.8 Å². The van der Waals surface area contributed by atoms with Crippen molar-refractivity contribution in [3.8, 4) is 11.5 Å². The van der Waals surface area contributed by atoms with Crippen LogP contribution in [0.3, 0.4) is 0 Å². The van der Waals surface area contributed by atoms with Crippen LogP contribution in [0.25, 0.3) is 0 Å². The van der Waals surface area contributed by atoms with Gasteiger partial charge in [-0.2, -0.15) is 13.2 Å². The van der Waals surface area contributed by atoms with Gasteiger partial charge in [0.25, 0.3) is 0 Å². The minimum Gasteiger partial charge on any atom is -0.497 e. The number of rotatable bonds is 6. The number of ether oxygens (including phenoxy) is 2. The van der Waals surface area contributed by atoms with Crippen LogP contribution in [-0.4, -0.2) is 26.4 Å². The molecule has 20 heavy (non-hydrogen) atoms. The van der Waals surface area contributed by atoms with Crippen LogP contribution in [0.5, 0.6) is 11.5 Å². The van der Waals surface area contributed by atoms with E-state index >= 15 is 0 Å². The van der Waals surface area contributed by atoms with Crippen molar-refractivity contribution in [3.63, 3.8) is 0 Å². The zero-order chi connectivity index (χ0) is 15.3. The number of hydrogen-bond acceptors (Lipinski definition) is 3. The Morgan fingerprint density at radius 2 is 1.80 bits per heavy atom. The van der Waals surface area contributed by atoms with Gasteiger partial charge in [-0.3, -0.25) is 0 Å². The number of hydrogen-bond donors (Lipinski definition) is 1. The number of halogens is 3. The molecule has 114 valence electrons. The molecule has 0 heterocycles. The molecule has 0 saturated carbocycles. The Hall–Kier alpha value is -1.43. The summed E-state index contributed by atoms with van der Waals surface area (Å²) in [6.45, 7) is 3.32. The van der Waals surface area contributed by atoms with E-state index in [0.29, 0.717) is 11.5 Å². The minimum atomic E-state index is -4.17. The Morgan fingerprint density at radius 1 is 1.15 bits per heavy atom. The van der Waals surface area contributed by atoms with E-state index in [1.807, 2.05) is 0 Å². The molecule has 1 aromatic rings. The molecule has 0 radical (unpaired) electrons. The Bertz CT molecular complexity index is 435. The van der Waals surface area contributed by atoms with E-state index in [1.165, 1.54) is 14.0 Å². The van der Waals surface area contributed by atoms with E-state index in [1.54, 1.807) is 32.2 Å². The van der Waals surface area contributed by atoms with Crippen LogP contribution in [0, 0.1) is 0 Å². The molecule has 0 fully saturated rings. The molecule has 2 unspecified atom stereocenters. The highest BCUT2D eigenvalue weighted by Crippen LogP contribution is 2.30. The first-order valence-electron chi connectivity index (χ1n) is 6.31. The van der Waals surface area contributed by atoms with Gasteiger partial charge in [-0.05, 0) is 19.9 Å². The zero-order valence-electron chi connectivity index (χ0n) is 12.0. The van der Waals surface area contributed by atoms with E-state index in [9.17, 15) is 13.2 Å². The fraction of sp³-hybridized carbons (Fsp3) is 0.571. The Morgan fingerprint density at radius 3 is 2.30 bits per heavy atom. The highest BCUT2D eigenvalue weighted by Gasteiger charge is 2.30. The molecule has 0 aliphatic heterocycles. The number of alkyl halides is 3. The Kier molecular flexibility index (Phi) is 5.68. The second-order valence-electron chi connectivity index (χ2n) is 4.72. The van der Waals surface area contributed by atoms with Gasteiger partial charge >= 0.3 is 6.18 Å². The standard InChI is InChI=1S/C14H20F3NO2/c1-9(8-14(15,16)17)18-10(2)12-6-5-11(19-3)7-13(12)20-4/h5-7,9-10,18H,8H2,1-4H3. The van der Waals surface area contributed by atoms with Gasteiger partial charge in [0.2, 0.25) is 0 Å². The van der Waals surface area contributed by atoms with Crippen molar-refractivity contribution in [1.29, 1.82) is 0 Å². The monoisotopic (exact) mass is 291 g/mol. The first kappa shape index (κ1) is 16.6. The quantitative estimate of drug-likeness (QED) is 0.867. The average Bonchev–Trinajstić information content (AvgIpc) is 2.35. The van der Waals surface area contributed by atoms with Crippen LogP contribution in [0.15, 0.2) is 18.2 Å². The summed E-state index contributed by atoms with van der Waals surface area (Å²) in [5.41, 5.74) is 0.794. The fourth-order valence-corrected chi connectivity index (χ4v) is 2.10. The molecule has 1 N–H and O–H groups in total. The predicted molar refractivity (Wildman–Crippen MR) is 71.2 cm³/mol. The lowest BCUT2D eigenvalue weighted by molar-refractivity contribution is -0.139. The van der Waals surface area contributed by atoms with Crippen molar-refractivity contribution in [2.24, 2.45) is 0 Å². The largest absolute Gasteiger partial charge is 0.497 e. The summed E-state index contributed by atoms with van der Waals surface area (Å²) >= 11 is 0. The third-order valence-electron chi connectivity index (χ3n) is 2.98. The second kappa shape index (κ2) is 6.83. The smallest absolute Gasteiger partial charge is 0.390 e. The highest BCUT2D eigenvalue weighted by atomic mass is 19.4. The van der Waals surface area contributed by atoms with Gasteiger partial charge in [-0.15, -0.1) is 0 Å². The third-order valence-corrected chi connectivity index (χ3v) is 2.98. The Labute approximate surface area is 117 Å². The topological polar surface area (TPSA) is 30.5 Å². The molecule has 0 spiro atoms. The van der Waals surface area contributed by atoms with Crippen molar-refractivity contribution in [2.75, 3.05) is 14.2 Å². The molecule has 0 bridgehead atoms. The molecule has 0 aromatic heterocycles. The number of methoxy groups -OCH3 is 2. The van der Waals surface area contributed by atoms with Crippen LogP contribution >= 0.6 is 0 Å². The van der Waals surface area contributed by atoms with E-state index in [2.05, 4.69) is 5.32 Å². The average molecular weight is 291 g/mol. The molecule has 1 rings (SSSR count). The van der Waals surface area contributed by atoms with Crippen LogP contribution in [-0.2, 0) is 0 Å². The maximum Gasteiger partial charge on any atom is 0.390 e. The molecule has 3 nitrogen and oxygen atoms in total. The van der Waals surface area contributed by atoms with Gasteiger partial charge in [-0.25, -0.2) is 0 Å². The number of nitrogens with one attached hydrogen (secondary N) is 1. The van der Waals surface area contributed by atoms with Gasteiger partial charge in [0.15, 0.2) is 0 Å². The SMILES string of the molecule is COc1ccc(C(C)NC(C)CC(F)(F)F)c(OC)c1. The molecule has 2 atom stereocenters. The summed E-state index contributed by atoms with van der Waals surface area (Å²) in [5, 5.41) is 2.92. The lowest BCUT2D eigenvalue weighted by atomic mass is 10.1. The summed E-state index contributed by atoms with van der Waals surface area (Å²) in [4.78, 5) is 0. The minimum absolute atomic E-state index is 0.256. The summed E-state index contributed by atoms with van der Waals surface area (Å²) in [7, 11) is 3.06. The lowest BCUT2D eigenvalue weighted by Crippen LogP contribution is -2.33. The molecule has 1 aromatic carbocycles. The van der Waals surface area contributed by atoms with Crippen molar-refractivity contribution in [3.05, 3.63) is 23.8 Å². The van der Waals surface area contributed by atoms with Crippen molar-refractivity contribution in [2.45, 2.75) is 38.5 Å². The second-order valence-corrected chi connectivity index (χ2v) is 4.72. The molecule has 0 saturated heterocycles. The van der Waals surface area contributed by atoms with Gasteiger partial charge in [-0.1, -0.05) is 6.07 Å². The normalized spacial score (nSPS) is 14.8. The Balaban J connectivity index is 2.79. The van der Waals surface area contributed by atoms with Gasteiger partial charge in [0.05, 0.1) is 20.6 Å². The molecule has 0 aliphatic carbocycles. The van der Waals surface area contributed by atoms with Crippen LogP contribution in [0.4, 0.5) is 13.2 Å². The van der Waals surface area contributed by atoms with E-state index < -0.39 is 18.6 Å². The molecular weight excluding hydrogens is 271 g/mol. The predicted octanol–water partition coefficient (Wildman–Crippen LogP) is 3.70. The first-order valence-corrected chi connectivity index (χ1v) is 6.31. The van der Waals surface area contributed by atoms with E-state index in [-0.39, 0.29) is 6.04 Å². The summed E-state index contributed by atoms with van der Waals surface area (Å²) < 4.78 is 47.3. The molecule has 0 amide bonds. The first-order chi connectivity index (χ1) is 9.26. The van der Waals surface area contributed by atoms with Crippen molar-refractivity contribution < 1.29 is 22.6 Å². The van der Waals surface area contributed by atoms with Crippen LogP contribution in [0.2, 0.25) is 0 Å². The maximum atomic E-state index is 12.3. The lowest BCUT2D eigenvalue weighted by Gasteiger charge is -2.23. The maximum absolute atomic E-state index is 12.3. The number of benzene rings is 1. The van der Waals surface area contributed by atoms with Crippen molar-refractivity contribution in [1.82, 2.24) is 5.32 Å². The van der Waals surface area contributed by atoms with E-state index in [4.69, 9.17) is 9.47 Å². The van der Waals surface area contributed by atoms with Crippen LogP contribution < -0.4 is 14.8 Å². The molecule has 0 aliphatic rings. The fourth-order valence-electron chi connectivity index (χ4n) is 2.10. The van der Waals surface area contributed by atoms with Crippen LogP contribution in [0.1, 0.15) is 31.9 Å². The summed E-state index contributed by atoms with van der Waals surface area (Å²) in [5.74, 6) is 1.23. The molecular formula is C14H20F3NO2. The van der Waals surface area contributed by atoms with Gasteiger partial charge in [0, 0.05) is 23.7 Å².